The van der Waals surface area contributed by atoms with Crippen LogP contribution in [0.2, 0.25) is 0 Å². The van der Waals surface area contributed by atoms with Gasteiger partial charge in [0.05, 0.1) is 19.0 Å². The van der Waals surface area contributed by atoms with Gasteiger partial charge in [-0.05, 0) is 18.6 Å². The molecule has 0 amide bonds. The summed E-state index contributed by atoms with van der Waals surface area (Å²) in [4.78, 5) is 6.56. The Morgan fingerprint density at radius 1 is 1.45 bits per heavy atom. The molecule has 1 aromatic carbocycles. The van der Waals surface area contributed by atoms with Gasteiger partial charge in [-0.3, -0.25) is 4.72 Å². The lowest BCUT2D eigenvalue weighted by atomic mass is 10.1. The molecule has 108 valence electrons. The SMILES string of the molecule is COc1cccc(CN)c1NS(=O)(=O)c1cnc(C)[nH]1. The number of hydrogen-bond donors (Lipinski definition) is 3. The molecule has 0 atom stereocenters. The lowest BCUT2D eigenvalue weighted by molar-refractivity contribution is 0.416. The lowest BCUT2D eigenvalue weighted by Crippen LogP contribution is -2.16. The van der Waals surface area contributed by atoms with Crippen LogP contribution in [0.3, 0.4) is 0 Å². The number of imidazole rings is 1. The number of nitrogens with one attached hydrogen (secondary N) is 2. The van der Waals surface area contributed by atoms with Crippen molar-refractivity contribution in [2.75, 3.05) is 11.8 Å². The van der Waals surface area contributed by atoms with Crippen LogP contribution >= 0.6 is 0 Å². The van der Waals surface area contributed by atoms with Gasteiger partial charge in [0, 0.05) is 6.54 Å². The minimum absolute atomic E-state index is 0.0103. The van der Waals surface area contributed by atoms with Crippen molar-refractivity contribution in [1.82, 2.24) is 9.97 Å². The highest BCUT2D eigenvalue weighted by molar-refractivity contribution is 7.92. The van der Waals surface area contributed by atoms with Gasteiger partial charge in [0.25, 0.3) is 10.0 Å². The van der Waals surface area contributed by atoms with Crippen LogP contribution in [0, 0.1) is 6.92 Å². The number of nitrogens with two attached hydrogens (primary N) is 1. The van der Waals surface area contributed by atoms with Gasteiger partial charge in [0.2, 0.25) is 0 Å². The summed E-state index contributed by atoms with van der Waals surface area (Å²) in [6.07, 6.45) is 1.26. The maximum atomic E-state index is 12.3. The molecule has 0 aliphatic carbocycles. The number of sulfonamides is 1. The Hall–Kier alpha value is -2.06. The number of aromatic amines is 1. The number of H-pyrrole nitrogens is 1. The van der Waals surface area contributed by atoms with Crippen molar-refractivity contribution < 1.29 is 13.2 Å². The summed E-state index contributed by atoms with van der Waals surface area (Å²) < 4.78 is 32.2. The second-order valence-electron chi connectivity index (χ2n) is 4.14. The molecule has 0 bridgehead atoms. The molecule has 0 fully saturated rings. The first-order valence-corrected chi connectivity index (χ1v) is 7.36. The quantitative estimate of drug-likeness (QED) is 0.762. The van der Waals surface area contributed by atoms with Gasteiger partial charge in [-0.15, -0.1) is 0 Å². The highest BCUT2D eigenvalue weighted by Gasteiger charge is 2.20. The fraction of sp³-hybridized carbons (Fsp3) is 0.250. The van der Waals surface area contributed by atoms with Gasteiger partial charge in [-0.1, -0.05) is 12.1 Å². The predicted molar refractivity (Wildman–Crippen MR) is 75.0 cm³/mol. The zero-order chi connectivity index (χ0) is 14.8. The van der Waals surface area contributed by atoms with Crippen molar-refractivity contribution in [2.45, 2.75) is 18.5 Å². The molecule has 0 saturated heterocycles. The van der Waals surface area contributed by atoms with E-state index in [2.05, 4.69) is 14.7 Å². The average Bonchev–Trinajstić information content (AvgIpc) is 2.86. The molecule has 0 unspecified atom stereocenters. The Morgan fingerprint density at radius 3 is 2.75 bits per heavy atom. The van der Waals surface area contributed by atoms with Crippen LogP contribution in [0.1, 0.15) is 11.4 Å². The van der Waals surface area contributed by atoms with E-state index in [9.17, 15) is 8.42 Å². The van der Waals surface area contributed by atoms with Crippen LogP contribution in [0.25, 0.3) is 0 Å². The number of nitrogens with zero attached hydrogens (tertiary/aromatic N) is 1. The first-order chi connectivity index (χ1) is 9.47. The van der Waals surface area contributed by atoms with E-state index in [4.69, 9.17) is 10.5 Å². The molecule has 1 heterocycles. The van der Waals surface area contributed by atoms with Crippen molar-refractivity contribution in [3.63, 3.8) is 0 Å². The topological polar surface area (TPSA) is 110 Å². The van der Waals surface area contributed by atoms with E-state index in [-0.39, 0.29) is 11.6 Å². The fourth-order valence-electron chi connectivity index (χ4n) is 1.76. The summed E-state index contributed by atoms with van der Waals surface area (Å²) in [6, 6.07) is 5.15. The number of aromatic nitrogens is 2. The highest BCUT2D eigenvalue weighted by Crippen LogP contribution is 2.30. The van der Waals surface area contributed by atoms with Crippen LogP contribution in [0.5, 0.6) is 5.75 Å². The number of para-hydroxylation sites is 1. The monoisotopic (exact) mass is 296 g/mol. The standard InChI is InChI=1S/C12H16N4O3S/c1-8-14-7-11(15-8)20(17,18)16-12-9(6-13)4-3-5-10(12)19-2/h3-5,7,16H,6,13H2,1-2H3,(H,14,15). The van der Waals surface area contributed by atoms with E-state index in [1.807, 2.05) is 0 Å². The minimum Gasteiger partial charge on any atom is -0.495 e. The zero-order valence-corrected chi connectivity index (χ0v) is 12.0. The fourth-order valence-corrected chi connectivity index (χ4v) is 2.84. The van der Waals surface area contributed by atoms with E-state index >= 15 is 0 Å². The second kappa shape index (κ2) is 5.51. The summed E-state index contributed by atoms with van der Waals surface area (Å²) in [6.45, 7) is 1.87. The number of anilines is 1. The van der Waals surface area contributed by atoms with Crippen LogP contribution in [0.15, 0.2) is 29.4 Å². The zero-order valence-electron chi connectivity index (χ0n) is 11.2. The molecule has 0 saturated carbocycles. The normalized spacial score (nSPS) is 11.3. The van der Waals surface area contributed by atoms with Crippen molar-refractivity contribution >= 4 is 15.7 Å². The van der Waals surface area contributed by atoms with Crippen molar-refractivity contribution in [2.24, 2.45) is 5.73 Å². The molecule has 20 heavy (non-hydrogen) atoms. The molecule has 8 heteroatoms. The smallest absolute Gasteiger partial charge is 0.279 e. The molecule has 7 nitrogen and oxygen atoms in total. The third-order valence-corrected chi connectivity index (χ3v) is 4.02. The molecule has 2 aromatic rings. The largest absolute Gasteiger partial charge is 0.495 e. The minimum atomic E-state index is -3.76. The third-order valence-electron chi connectivity index (χ3n) is 2.76. The van der Waals surface area contributed by atoms with Crippen LogP contribution < -0.4 is 15.2 Å². The average molecular weight is 296 g/mol. The molecule has 4 N–H and O–H groups in total. The van der Waals surface area contributed by atoms with E-state index in [1.54, 1.807) is 25.1 Å². The van der Waals surface area contributed by atoms with Gasteiger partial charge in [0.15, 0.2) is 5.03 Å². The third kappa shape index (κ3) is 2.75. The molecule has 0 aliphatic rings. The van der Waals surface area contributed by atoms with E-state index < -0.39 is 10.0 Å². The van der Waals surface area contributed by atoms with Crippen LogP contribution in [0.4, 0.5) is 5.69 Å². The number of hydrogen-bond acceptors (Lipinski definition) is 5. The maximum Gasteiger partial charge on any atom is 0.279 e. The predicted octanol–water partition coefficient (Wildman–Crippen LogP) is 0.986. The van der Waals surface area contributed by atoms with Gasteiger partial charge >= 0.3 is 0 Å². The van der Waals surface area contributed by atoms with Crippen molar-refractivity contribution in [3.05, 3.63) is 35.8 Å². The van der Waals surface area contributed by atoms with Gasteiger partial charge in [-0.2, -0.15) is 8.42 Å². The summed E-state index contributed by atoms with van der Waals surface area (Å²) in [5.41, 5.74) is 6.61. The summed E-state index contributed by atoms with van der Waals surface area (Å²) >= 11 is 0. The van der Waals surface area contributed by atoms with Crippen LogP contribution in [-0.4, -0.2) is 25.5 Å². The van der Waals surface area contributed by atoms with E-state index in [0.717, 1.165) is 0 Å². The molecule has 1 aromatic heterocycles. The number of aryl methyl sites for hydroxylation is 1. The van der Waals surface area contributed by atoms with Crippen LogP contribution in [-0.2, 0) is 16.6 Å². The number of benzene rings is 1. The maximum absolute atomic E-state index is 12.3. The van der Waals surface area contributed by atoms with Gasteiger partial charge in [0.1, 0.15) is 11.6 Å². The number of rotatable bonds is 5. The molecule has 0 radical (unpaired) electrons. The van der Waals surface area contributed by atoms with Gasteiger partial charge in [-0.25, -0.2) is 4.98 Å². The summed E-state index contributed by atoms with van der Waals surface area (Å²) in [7, 11) is -2.30. The Labute approximate surface area is 117 Å². The van der Waals surface area contributed by atoms with E-state index in [0.29, 0.717) is 22.8 Å². The summed E-state index contributed by atoms with van der Waals surface area (Å²) in [5.74, 6) is 0.928. The van der Waals surface area contributed by atoms with Crippen molar-refractivity contribution in [3.8, 4) is 5.75 Å². The Morgan fingerprint density at radius 2 is 2.20 bits per heavy atom. The molecule has 2 rings (SSSR count). The molecular weight excluding hydrogens is 280 g/mol. The first-order valence-electron chi connectivity index (χ1n) is 5.88. The van der Waals surface area contributed by atoms with Crippen molar-refractivity contribution in [1.29, 1.82) is 0 Å². The number of ether oxygens (including phenoxy) is 1. The Balaban J connectivity index is 2.43. The molecule has 0 spiro atoms. The Bertz CT molecular complexity index is 687. The van der Waals surface area contributed by atoms with E-state index in [1.165, 1.54) is 13.3 Å². The second-order valence-corrected chi connectivity index (χ2v) is 5.79. The van der Waals surface area contributed by atoms with Gasteiger partial charge < -0.3 is 15.5 Å². The Kier molecular flexibility index (Phi) is 3.96. The summed E-state index contributed by atoms with van der Waals surface area (Å²) in [5, 5.41) is -0.0103. The number of methoxy groups -OCH3 is 1. The molecular formula is C12H16N4O3S. The highest BCUT2D eigenvalue weighted by atomic mass is 32.2. The molecule has 0 aliphatic heterocycles. The first kappa shape index (κ1) is 14.4. The lowest BCUT2D eigenvalue weighted by Gasteiger charge is -2.14.